The minimum atomic E-state index is -0.617. The van der Waals surface area contributed by atoms with E-state index in [9.17, 15) is 14.0 Å². The molecule has 4 rings (SSSR count). The first-order chi connectivity index (χ1) is 14.8. The number of hydrogen-bond acceptors (Lipinski definition) is 5. The van der Waals surface area contributed by atoms with E-state index in [1.54, 1.807) is 27.9 Å². The van der Waals surface area contributed by atoms with E-state index in [4.69, 9.17) is 10.5 Å². The molecular formula is C22H28FN5O3. The molecule has 0 bridgehead atoms. The molecule has 1 aromatic heterocycles. The van der Waals surface area contributed by atoms with E-state index in [1.807, 2.05) is 6.92 Å². The van der Waals surface area contributed by atoms with Crippen molar-refractivity contribution in [2.45, 2.75) is 45.3 Å². The number of aromatic nitrogens is 2. The first-order valence-corrected chi connectivity index (χ1v) is 10.7. The van der Waals surface area contributed by atoms with Crippen molar-refractivity contribution in [3.05, 3.63) is 41.8 Å². The van der Waals surface area contributed by atoms with E-state index in [1.165, 1.54) is 12.1 Å². The smallest absolute Gasteiger partial charge is 0.410 e. The first kappa shape index (κ1) is 21.1. The van der Waals surface area contributed by atoms with Gasteiger partial charge in [-0.3, -0.25) is 9.48 Å². The van der Waals surface area contributed by atoms with Gasteiger partial charge in [-0.1, -0.05) is 6.92 Å². The van der Waals surface area contributed by atoms with Crippen LogP contribution >= 0.6 is 0 Å². The summed E-state index contributed by atoms with van der Waals surface area (Å²) in [5.74, 6) is 0.0458. The predicted octanol–water partition coefficient (Wildman–Crippen LogP) is 3.68. The Morgan fingerprint density at radius 2 is 1.97 bits per heavy atom. The number of anilines is 2. The maximum absolute atomic E-state index is 13.2. The third-order valence-corrected chi connectivity index (χ3v) is 6.19. The standard InChI is InChI=1S/C22H28FN5O3/c1-13-9-10-27(22(30)31-14(2)15-3-4-15)12-19(13)28-11-18(20(24)29)21(26-28)25-17-7-5-16(23)6-8-17/h5-8,11,13-15,19H,3-4,9-10,12H2,1-2H3,(H2,24,29)(H,25,26)/t13-,14?,19-/m1/s1. The van der Waals surface area contributed by atoms with Gasteiger partial charge in [-0.25, -0.2) is 9.18 Å². The molecule has 0 radical (unpaired) electrons. The number of carbonyl (C=O) groups is 2. The molecular weight excluding hydrogens is 401 g/mol. The maximum atomic E-state index is 13.2. The molecule has 2 aliphatic rings. The molecule has 9 heteroatoms. The van der Waals surface area contributed by atoms with Gasteiger partial charge in [0.1, 0.15) is 17.5 Å². The van der Waals surface area contributed by atoms with Gasteiger partial charge in [0.05, 0.1) is 6.04 Å². The predicted molar refractivity (Wildman–Crippen MR) is 113 cm³/mol. The number of nitrogens with zero attached hydrogens (tertiary/aromatic N) is 3. The van der Waals surface area contributed by atoms with Crippen LogP contribution in [0.15, 0.2) is 30.5 Å². The number of benzene rings is 1. The number of likely N-dealkylation sites (tertiary alicyclic amines) is 1. The van der Waals surface area contributed by atoms with Gasteiger partial charge in [-0.15, -0.1) is 0 Å². The average Bonchev–Trinajstić information content (AvgIpc) is 3.50. The Morgan fingerprint density at radius 3 is 2.61 bits per heavy atom. The van der Waals surface area contributed by atoms with E-state index >= 15 is 0 Å². The first-order valence-electron chi connectivity index (χ1n) is 10.7. The van der Waals surface area contributed by atoms with E-state index < -0.39 is 5.91 Å². The monoisotopic (exact) mass is 429 g/mol. The Hall–Kier alpha value is -3.10. The highest BCUT2D eigenvalue weighted by Gasteiger charge is 2.35. The fraction of sp³-hybridized carbons (Fsp3) is 0.500. The molecule has 1 aliphatic heterocycles. The molecule has 8 nitrogen and oxygen atoms in total. The van der Waals surface area contributed by atoms with Gasteiger partial charge in [-0.05, 0) is 62.3 Å². The van der Waals surface area contributed by atoms with Crippen LogP contribution in [0, 0.1) is 17.7 Å². The maximum Gasteiger partial charge on any atom is 0.410 e. The van der Waals surface area contributed by atoms with Crippen LogP contribution in [0.1, 0.15) is 49.5 Å². The second kappa shape index (κ2) is 8.56. The van der Waals surface area contributed by atoms with Crippen molar-refractivity contribution >= 4 is 23.5 Å². The molecule has 2 aromatic rings. The number of halogens is 1. The number of piperidine rings is 1. The summed E-state index contributed by atoms with van der Waals surface area (Å²) >= 11 is 0. The van der Waals surface area contributed by atoms with Crippen molar-refractivity contribution in [1.29, 1.82) is 0 Å². The zero-order chi connectivity index (χ0) is 22.1. The summed E-state index contributed by atoms with van der Waals surface area (Å²) in [5, 5.41) is 7.58. The number of amides is 2. The molecule has 1 unspecified atom stereocenters. The molecule has 3 N–H and O–H groups in total. The van der Waals surface area contributed by atoms with E-state index in [0.29, 0.717) is 30.5 Å². The van der Waals surface area contributed by atoms with Crippen LogP contribution in [0.5, 0.6) is 0 Å². The van der Waals surface area contributed by atoms with Crippen LogP contribution in [0.3, 0.4) is 0 Å². The zero-order valence-corrected chi connectivity index (χ0v) is 17.8. The highest BCUT2D eigenvalue weighted by atomic mass is 19.1. The molecule has 1 aliphatic carbocycles. The Labute approximate surface area is 180 Å². The molecule has 2 fully saturated rings. The third-order valence-electron chi connectivity index (χ3n) is 6.19. The van der Waals surface area contributed by atoms with Gasteiger partial charge in [0.25, 0.3) is 5.91 Å². The highest BCUT2D eigenvalue weighted by molar-refractivity contribution is 5.98. The molecule has 2 amide bonds. The third kappa shape index (κ3) is 4.81. The minimum Gasteiger partial charge on any atom is -0.446 e. The van der Waals surface area contributed by atoms with Crippen LogP contribution in [-0.4, -0.2) is 45.9 Å². The normalized spacial score (nSPS) is 22.1. The van der Waals surface area contributed by atoms with Crippen LogP contribution < -0.4 is 11.1 Å². The fourth-order valence-electron chi connectivity index (χ4n) is 3.96. The molecule has 1 saturated carbocycles. The second-order valence-electron chi connectivity index (χ2n) is 8.57. The summed E-state index contributed by atoms with van der Waals surface area (Å²) in [6.45, 7) is 5.10. The molecule has 0 spiro atoms. The van der Waals surface area contributed by atoms with Crippen LogP contribution in [-0.2, 0) is 4.74 Å². The van der Waals surface area contributed by atoms with Crippen molar-refractivity contribution in [2.24, 2.45) is 17.6 Å². The van der Waals surface area contributed by atoms with Crippen molar-refractivity contribution in [3.8, 4) is 0 Å². The quantitative estimate of drug-likeness (QED) is 0.729. The Balaban J connectivity index is 1.51. The van der Waals surface area contributed by atoms with Gasteiger partial charge >= 0.3 is 6.09 Å². The van der Waals surface area contributed by atoms with Gasteiger partial charge in [0, 0.05) is 25.0 Å². The van der Waals surface area contributed by atoms with Crippen molar-refractivity contribution in [2.75, 3.05) is 18.4 Å². The number of carbonyl (C=O) groups excluding carboxylic acids is 2. The summed E-state index contributed by atoms with van der Waals surface area (Å²) in [6, 6.07) is 5.62. The van der Waals surface area contributed by atoms with Crippen LogP contribution in [0.25, 0.3) is 0 Å². The summed E-state index contributed by atoms with van der Waals surface area (Å²) in [4.78, 5) is 26.3. The average molecular weight is 429 g/mol. The Kier molecular flexibility index (Phi) is 5.84. The van der Waals surface area contributed by atoms with Gasteiger partial charge < -0.3 is 20.7 Å². The van der Waals surface area contributed by atoms with Gasteiger partial charge in [0.15, 0.2) is 5.82 Å². The molecule has 166 valence electrons. The second-order valence-corrected chi connectivity index (χ2v) is 8.57. The molecule has 1 saturated heterocycles. The van der Waals surface area contributed by atoms with E-state index in [0.717, 1.165) is 19.3 Å². The lowest BCUT2D eigenvalue weighted by Crippen LogP contribution is -2.45. The van der Waals surface area contributed by atoms with Gasteiger partial charge in [0.2, 0.25) is 0 Å². The summed E-state index contributed by atoms with van der Waals surface area (Å²) < 4.78 is 20.5. The molecule has 1 aromatic carbocycles. The number of hydrogen-bond donors (Lipinski definition) is 2. The number of nitrogens with two attached hydrogens (primary N) is 1. The summed E-state index contributed by atoms with van der Waals surface area (Å²) in [5.41, 5.74) is 6.38. The lowest BCUT2D eigenvalue weighted by molar-refractivity contribution is 0.0411. The number of rotatable bonds is 6. The number of primary amides is 1. The summed E-state index contributed by atoms with van der Waals surface area (Å²) in [7, 11) is 0. The van der Waals surface area contributed by atoms with E-state index in [2.05, 4.69) is 17.3 Å². The molecule has 2 heterocycles. The van der Waals surface area contributed by atoms with Crippen LogP contribution in [0.2, 0.25) is 0 Å². The molecule has 3 atom stereocenters. The number of ether oxygens (including phenoxy) is 1. The number of nitrogens with one attached hydrogen (secondary N) is 1. The van der Waals surface area contributed by atoms with Crippen LogP contribution in [0.4, 0.5) is 20.7 Å². The molecule has 31 heavy (non-hydrogen) atoms. The van der Waals surface area contributed by atoms with Crippen molar-refractivity contribution in [3.63, 3.8) is 0 Å². The fourth-order valence-corrected chi connectivity index (χ4v) is 3.96. The Morgan fingerprint density at radius 1 is 1.26 bits per heavy atom. The van der Waals surface area contributed by atoms with E-state index in [-0.39, 0.29) is 35.5 Å². The topological polar surface area (TPSA) is 102 Å². The highest BCUT2D eigenvalue weighted by Crippen LogP contribution is 2.35. The van der Waals surface area contributed by atoms with Crippen molar-refractivity contribution in [1.82, 2.24) is 14.7 Å². The Bertz CT molecular complexity index is 957. The summed E-state index contributed by atoms with van der Waals surface area (Å²) in [6.07, 6.45) is 4.26. The van der Waals surface area contributed by atoms with Gasteiger partial charge in [-0.2, -0.15) is 5.10 Å². The largest absolute Gasteiger partial charge is 0.446 e. The minimum absolute atomic E-state index is 0.0667. The lowest BCUT2D eigenvalue weighted by Gasteiger charge is -2.37. The van der Waals surface area contributed by atoms with Crippen molar-refractivity contribution < 1.29 is 18.7 Å². The zero-order valence-electron chi connectivity index (χ0n) is 17.8. The lowest BCUT2D eigenvalue weighted by atomic mass is 9.94. The SMILES string of the molecule is CC(OC(=O)N1CC[C@@H](C)[C@H](n2cc(C(N)=O)c(Nc3ccc(F)cc3)n2)C1)C1CC1.